The number of unbranched alkanes of at least 4 members (excludes halogenated alkanes) is 3. The number of carbonyl (C=O) groups is 5. The van der Waals surface area contributed by atoms with Crippen LogP contribution in [0.5, 0.6) is 5.75 Å². The zero-order chi connectivity index (χ0) is 37.3. The second-order valence-electron chi connectivity index (χ2n) is 14.8. The van der Waals surface area contributed by atoms with Crippen molar-refractivity contribution >= 4 is 36.7 Å². The normalized spacial score (nSPS) is 21.7. The molecule has 3 aliphatic rings. The molecule has 4 amide bonds. The van der Waals surface area contributed by atoms with E-state index in [2.05, 4.69) is 17.0 Å². The molecule has 1 saturated heterocycles. The van der Waals surface area contributed by atoms with Crippen molar-refractivity contribution in [1.82, 2.24) is 20.0 Å². The summed E-state index contributed by atoms with van der Waals surface area (Å²) in [7, 11) is 3.95. The third-order valence-corrected chi connectivity index (χ3v) is 9.11. The molecule has 1 aliphatic carbocycles. The van der Waals surface area contributed by atoms with Gasteiger partial charge in [-0.25, -0.2) is 14.6 Å². The molecule has 2 aliphatic heterocycles. The van der Waals surface area contributed by atoms with Gasteiger partial charge in [-0.2, -0.15) is 0 Å². The number of benzene rings is 1. The van der Waals surface area contributed by atoms with Crippen molar-refractivity contribution in [3.63, 3.8) is 0 Å². The summed E-state index contributed by atoms with van der Waals surface area (Å²) in [6, 6.07) is 3.75. The van der Waals surface area contributed by atoms with Gasteiger partial charge >= 0.3 is 18.2 Å². The molecule has 2 N–H and O–H groups in total. The lowest BCUT2D eigenvalue weighted by Gasteiger charge is -2.28. The van der Waals surface area contributed by atoms with Gasteiger partial charge in [0, 0.05) is 26.1 Å². The number of amides is 4. The largest absolute Gasteiger partial charge is 0.492 e. The molecule has 280 valence electrons. The molecule has 1 unspecified atom stereocenters. The van der Waals surface area contributed by atoms with Gasteiger partial charge in [-0.3, -0.25) is 19.3 Å². The summed E-state index contributed by atoms with van der Waals surface area (Å²) in [6.45, 7) is 10.5. The fourth-order valence-electron chi connectivity index (χ4n) is 6.30. The number of rotatable bonds is 16. The van der Waals surface area contributed by atoms with Gasteiger partial charge in [-0.15, -0.1) is 0 Å². The quantitative estimate of drug-likeness (QED) is 0.143. The minimum atomic E-state index is -1.00. The number of likely N-dealkylation sites (N-methyl/N-ethyl adjacent to an activating group) is 1. The first kappa shape index (κ1) is 39.3. The number of ether oxygens (including phenoxy) is 3. The maximum Gasteiger partial charge on any atom is 0.410 e. The summed E-state index contributed by atoms with van der Waals surface area (Å²) in [6.07, 6.45) is 5.84. The van der Waals surface area contributed by atoms with E-state index in [0.29, 0.717) is 39.0 Å². The van der Waals surface area contributed by atoms with Gasteiger partial charge in [0.15, 0.2) is 0 Å². The molecule has 1 saturated carbocycles. The molecular formula is C37H53N5O9. The van der Waals surface area contributed by atoms with Gasteiger partial charge in [-0.05, 0) is 96.4 Å². The summed E-state index contributed by atoms with van der Waals surface area (Å²) in [5, 5.41) is 11.8. The first-order valence-corrected chi connectivity index (χ1v) is 17.7. The van der Waals surface area contributed by atoms with Crippen molar-refractivity contribution in [3.8, 4) is 5.75 Å². The SMILES string of the molecule is C=NC(=O)C1C[C@@H](OC(=O)N2Cc3ccc(OCCN(C)C)cc3C2)CN1C(=O)[C@H](CCCCC/C=C\[C@@H]1C[C@@H]1C(=O)O)NC(=O)OC(C)(C)C. The van der Waals surface area contributed by atoms with E-state index in [1.807, 2.05) is 49.3 Å². The minimum absolute atomic E-state index is 0.0447. The van der Waals surface area contributed by atoms with Crippen LogP contribution in [-0.4, -0.2) is 114 Å². The van der Waals surface area contributed by atoms with Crippen molar-refractivity contribution in [3.05, 3.63) is 41.5 Å². The van der Waals surface area contributed by atoms with Crippen LogP contribution in [0.4, 0.5) is 9.59 Å². The number of hydrogen-bond donors (Lipinski definition) is 2. The molecule has 14 nitrogen and oxygen atoms in total. The van der Waals surface area contributed by atoms with Crippen LogP contribution in [0.2, 0.25) is 0 Å². The van der Waals surface area contributed by atoms with Gasteiger partial charge in [-0.1, -0.05) is 31.1 Å². The maximum absolute atomic E-state index is 14.0. The second kappa shape index (κ2) is 17.7. The number of fused-ring (bicyclic) bond motifs is 1. The number of aliphatic imine (C=N–C) groups is 1. The molecule has 1 aromatic rings. The highest BCUT2D eigenvalue weighted by atomic mass is 16.6. The average molecular weight is 712 g/mol. The summed E-state index contributed by atoms with van der Waals surface area (Å²) < 4.78 is 17.1. The molecule has 4 rings (SSSR count). The van der Waals surface area contributed by atoms with Crippen LogP contribution in [0.25, 0.3) is 0 Å². The van der Waals surface area contributed by atoms with Gasteiger partial charge in [0.05, 0.1) is 12.5 Å². The molecular weight excluding hydrogens is 658 g/mol. The number of allylic oxidation sites excluding steroid dienone is 2. The van der Waals surface area contributed by atoms with E-state index >= 15 is 0 Å². The number of carbonyl (C=O) groups excluding carboxylic acids is 4. The number of alkyl carbamates (subject to hydrolysis) is 1. The summed E-state index contributed by atoms with van der Waals surface area (Å²) in [5.41, 5.74) is 1.16. The van der Waals surface area contributed by atoms with Crippen LogP contribution in [0.3, 0.4) is 0 Å². The van der Waals surface area contributed by atoms with Crippen LogP contribution >= 0.6 is 0 Å². The monoisotopic (exact) mass is 711 g/mol. The van der Waals surface area contributed by atoms with Gasteiger partial charge in [0.2, 0.25) is 5.91 Å². The zero-order valence-electron chi connectivity index (χ0n) is 30.5. The first-order valence-electron chi connectivity index (χ1n) is 17.7. The molecule has 0 aromatic heterocycles. The first-order chi connectivity index (χ1) is 24.1. The number of nitrogens with one attached hydrogen (secondary N) is 1. The van der Waals surface area contributed by atoms with E-state index in [-0.39, 0.29) is 24.8 Å². The van der Waals surface area contributed by atoms with Crippen LogP contribution in [0.15, 0.2) is 35.3 Å². The lowest BCUT2D eigenvalue weighted by atomic mass is 10.0. The maximum atomic E-state index is 14.0. The Kier molecular flexibility index (Phi) is 13.6. The predicted molar refractivity (Wildman–Crippen MR) is 189 cm³/mol. The van der Waals surface area contributed by atoms with Gasteiger partial charge in [0.25, 0.3) is 5.91 Å². The van der Waals surface area contributed by atoms with Crippen molar-refractivity contribution in [2.24, 2.45) is 16.8 Å². The standard InChI is InChI=1S/C37H53N5O9/c1-37(2,3)51-35(47)39-30(13-11-9-7-8-10-12-24-19-29(24)34(45)46)33(44)42-23-28(20-31(42)32(43)38-4)50-36(48)41-21-25-14-15-27(18-26(25)22-41)49-17-16-40(5)6/h10,12,14-15,18,24,28-31H,4,7-9,11,13,16-17,19-23H2,1-3,5-6H3,(H,39,47)(H,45,46)/b12-10-/t24-,28-,29+,30+,31?/m1/s1. The predicted octanol–water partition coefficient (Wildman–Crippen LogP) is 4.40. The highest BCUT2D eigenvalue weighted by molar-refractivity contribution is 5.93. The summed E-state index contributed by atoms with van der Waals surface area (Å²) in [5.74, 6) is -1.33. The number of nitrogens with zero attached hydrogens (tertiary/aromatic N) is 4. The Hall–Kier alpha value is -4.46. The Morgan fingerprint density at radius 3 is 2.51 bits per heavy atom. The molecule has 51 heavy (non-hydrogen) atoms. The molecule has 14 heteroatoms. The van der Waals surface area contributed by atoms with Crippen molar-refractivity contribution < 1.29 is 43.3 Å². The van der Waals surface area contributed by atoms with E-state index in [9.17, 15) is 24.0 Å². The average Bonchev–Trinajstić information content (AvgIpc) is 3.52. The van der Waals surface area contributed by atoms with Crippen LogP contribution < -0.4 is 10.1 Å². The third-order valence-electron chi connectivity index (χ3n) is 9.11. The van der Waals surface area contributed by atoms with E-state index in [4.69, 9.17) is 19.3 Å². The molecule has 1 aromatic carbocycles. The summed E-state index contributed by atoms with van der Waals surface area (Å²) >= 11 is 0. The summed E-state index contributed by atoms with van der Waals surface area (Å²) in [4.78, 5) is 72.5. The lowest BCUT2D eigenvalue weighted by Crippen LogP contribution is -2.52. The van der Waals surface area contributed by atoms with E-state index in [1.54, 1.807) is 25.7 Å². The number of likely N-dealkylation sites (tertiary alicyclic amines) is 1. The Balaban J connectivity index is 1.35. The Morgan fingerprint density at radius 1 is 1.10 bits per heavy atom. The fraction of sp³-hybridized carbons (Fsp3) is 0.622. The van der Waals surface area contributed by atoms with Crippen LogP contribution in [-0.2, 0) is 36.9 Å². The van der Waals surface area contributed by atoms with Gasteiger partial charge in [0.1, 0.15) is 36.1 Å². The van der Waals surface area contributed by atoms with Crippen LogP contribution in [0.1, 0.15) is 76.8 Å². The van der Waals surface area contributed by atoms with Gasteiger partial charge < -0.3 is 34.4 Å². The smallest absolute Gasteiger partial charge is 0.410 e. The third kappa shape index (κ3) is 11.8. The Bertz CT molecular complexity index is 1470. The number of hydrogen-bond acceptors (Lipinski definition) is 9. The minimum Gasteiger partial charge on any atom is -0.492 e. The highest BCUT2D eigenvalue weighted by Crippen LogP contribution is 2.39. The second-order valence-corrected chi connectivity index (χ2v) is 14.8. The van der Waals surface area contributed by atoms with Crippen molar-refractivity contribution in [2.45, 2.75) is 103 Å². The van der Waals surface area contributed by atoms with Crippen molar-refractivity contribution in [1.29, 1.82) is 0 Å². The number of carboxylic acid groups (broad SMARTS) is 1. The number of carboxylic acids is 1. The van der Waals surface area contributed by atoms with Crippen LogP contribution in [0, 0.1) is 11.8 Å². The molecule has 0 spiro atoms. The molecule has 2 fully saturated rings. The van der Waals surface area contributed by atoms with E-state index in [1.165, 1.54) is 4.90 Å². The molecule has 2 heterocycles. The highest BCUT2D eigenvalue weighted by Gasteiger charge is 2.44. The molecule has 0 bridgehead atoms. The fourth-order valence-corrected chi connectivity index (χ4v) is 6.30. The van der Waals surface area contributed by atoms with E-state index < -0.39 is 53.8 Å². The molecule has 0 radical (unpaired) electrons. The Labute approximate surface area is 300 Å². The van der Waals surface area contributed by atoms with Crippen molar-refractivity contribution in [2.75, 3.05) is 33.8 Å². The van der Waals surface area contributed by atoms with E-state index in [0.717, 1.165) is 42.7 Å². The molecule has 5 atom stereocenters. The Morgan fingerprint density at radius 2 is 1.84 bits per heavy atom. The number of aliphatic carboxylic acids is 1. The lowest BCUT2D eigenvalue weighted by molar-refractivity contribution is -0.139. The topological polar surface area (TPSA) is 167 Å². The zero-order valence-corrected chi connectivity index (χ0v) is 30.5.